The highest BCUT2D eigenvalue weighted by Gasteiger charge is 2.27. The summed E-state index contributed by atoms with van der Waals surface area (Å²) >= 11 is 1.65. The first-order chi connectivity index (χ1) is 14.5. The van der Waals surface area contributed by atoms with E-state index in [0.717, 1.165) is 46.4 Å². The Labute approximate surface area is 181 Å². The second-order valence-electron chi connectivity index (χ2n) is 7.60. The number of ether oxygens (including phenoxy) is 1. The summed E-state index contributed by atoms with van der Waals surface area (Å²) in [7, 11) is 0. The number of amides is 1. The van der Waals surface area contributed by atoms with Crippen LogP contribution in [0.3, 0.4) is 0 Å². The molecule has 3 aromatic rings. The first-order valence-corrected chi connectivity index (χ1v) is 11.0. The molecule has 0 N–H and O–H groups in total. The van der Waals surface area contributed by atoms with Crippen LogP contribution >= 0.6 is 11.3 Å². The van der Waals surface area contributed by atoms with E-state index in [1.807, 2.05) is 73.5 Å². The lowest BCUT2D eigenvalue weighted by molar-refractivity contribution is -0.138. The zero-order valence-electron chi connectivity index (χ0n) is 17.5. The number of carbonyl (C=O) groups is 1. The molecule has 1 aliphatic rings. The Balaban J connectivity index is 1.33. The van der Waals surface area contributed by atoms with Crippen LogP contribution in [0, 0.1) is 13.8 Å². The Morgan fingerprint density at radius 2 is 1.87 bits per heavy atom. The van der Waals surface area contributed by atoms with E-state index in [0.29, 0.717) is 13.1 Å². The molecule has 0 bridgehead atoms. The van der Waals surface area contributed by atoms with Crippen molar-refractivity contribution in [3.8, 4) is 16.3 Å². The molecule has 3 heterocycles. The minimum absolute atomic E-state index is 0.0229. The number of rotatable bonds is 5. The summed E-state index contributed by atoms with van der Waals surface area (Å²) in [5.41, 5.74) is 3.05. The maximum Gasteiger partial charge on any atom is 0.263 e. The molecule has 156 valence electrons. The minimum atomic E-state index is -0.512. The van der Waals surface area contributed by atoms with Gasteiger partial charge in [0.1, 0.15) is 11.4 Å². The smallest absolute Gasteiger partial charge is 0.263 e. The number of aromatic nitrogens is 2. The fourth-order valence-corrected chi connectivity index (χ4v) is 4.23. The number of benzene rings is 1. The van der Waals surface area contributed by atoms with Crippen molar-refractivity contribution in [2.45, 2.75) is 26.9 Å². The van der Waals surface area contributed by atoms with Gasteiger partial charge in [-0.1, -0.05) is 18.2 Å². The molecule has 1 atom stereocenters. The SMILES string of the molecule is Cc1ccc(C)c(OC(C)C(=O)N2CCN(c3ccc(-c4cccs4)nn3)CC2)c1. The largest absolute Gasteiger partial charge is 0.481 e. The summed E-state index contributed by atoms with van der Waals surface area (Å²) in [6.45, 7) is 8.60. The summed E-state index contributed by atoms with van der Waals surface area (Å²) in [5.74, 6) is 1.65. The van der Waals surface area contributed by atoms with Crippen molar-refractivity contribution in [1.29, 1.82) is 0 Å². The van der Waals surface area contributed by atoms with Crippen molar-refractivity contribution in [2.75, 3.05) is 31.1 Å². The molecule has 0 saturated carbocycles. The first-order valence-electron chi connectivity index (χ1n) is 10.2. The third-order valence-electron chi connectivity index (χ3n) is 5.33. The van der Waals surface area contributed by atoms with Crippen molar-refractivity contribution in [3.63, 3.8) is 0 Å². The molecule has 1 aromatic carbocycles. The average Bonchev–Trinajstić information content (AvgIpc) is 3.31. The molecule has 1 amide bonds. The molecular formula is C23H26N4O2S. The lowest BCUT2D eigenvalue weighted by atomic mass is 10.1. The van der Waals surface area contributed by atoms with Crippen LogP contribution < -0.4 is 9.64 Å². The molecule has 1 saturated heterocycles. The summed E-state index contributed by atoms with van der Waals surface area (Å²) in [6, 6.07) is 14.1. The maximum absolute atomic E-state index is 12.9. The van der Waals surface area contributed by atoms with Crippen LogP contribution in [-0.4, -0.2) is 53.3 Å². The molecule has 6 nitrogen and oxygen atoms in total. The summed E-state index contributed by atoms with van der Waals surface area (Å²) in [4.78, 5) is 18.0. The van der Waals surface area contributed by atoms with Crippen LogP contribution in [0.4, 0.5) is 5.82 Å². The number of hydrogen-bond acceptors (Lipinski definition) is 6. The molecule has 7 heteroatoms. The standard InChI is InChI=1S/C23H26N4O2S/c1-16-6-7-17(2)20(15-16)29-18(3)23(28)27-12-10-26(11-13-27)22-9-8-19(24-25-22)21-5-4-14-30-21/h4-9,14-15,18H,10-13H2,1-3H3. The molecule has 0 spiro atoms. The van der Waals surface area contributed by atoms with Crippen molar-refractivity contribution < 1.29 is 9.53 Å². The number of anilines is 1. The number of aryl methyl sites for hydroxylation is 2. The van der Waals surface area contributed by atoms with Crippen LogP contribution in [0.25, 0.3) is 10.6 Å². The van der Waals surface area contributed by atoms with E-state index < -0.39 is 6.10 Å². The minimum Gasteiger partial charge on any atom is -0.481 e. The van der Waals surface area contributed by atoms with E-state index in [1.54, 1.807) is 11.3 Å². The van der Waals surface area contributed by atoms with Gasteiger partial charge in [0, 0.05) is 26.2 Å². The molecule has 1 aliphatic heterocycles. The highest BCUT2D eigenvalue weighted by Crippen LogP contribution is 2.24. The van der Waals surface area contributed by atoms with Gasteiger partial charge in [0.15, 0.2) is 11.9 Å². The molecule has 1 unspecified atom stereocenters. The van der Waals surface area contributed by atoms with Gasteiger partial charge in [-0.25, -0.2) is 0 Å². The van der Waals surface area contributed by atoms with Crippen LogP contribution in [0.2, 0.25) is 0 Å². The number of nitrogens with zero attached hydrogens (tertiary/aromatic N) is 4. The summed E-state index contributed by atoms with van der Waals surface area (Å²) in [6.07, 6.45) is -0.512. The van der Waals surface area contributed by atoms with Crippen LogP contribution in [0.15, 0.2) is 47.8 Å². The molecule has 0 radical (unpaired) electrons. The topological polar surface area (TPSA) is 58.6 Å². The Hall–Kier alpha value is -2.93. The predicted molar refractivity (Wildman–Crippen MR) is 120 cm³/mol. The Morgan fingerprint density at radius 3 is 2.53 bits per heavy atom. The Kier molecular flexibility index (Phi) is 5.99. The lowest BCUT2D eigenvalue weighted by Gasteiger charge is -2.36. The van der Waals surface area contributed by atoms with Crippen LogP contribution in [0.1, 0.15) is 18.1 Å². The van der Waals surface area contributed by atoms with E-state index in [2.05, 4.69) is 15.1 Å². The molecular weight excluding hydrogens is 396 g/mol. The number of hydrogen-bond donors (Lipinski definition) is 0. The van der Waals surface area contributed by atoms with E-state index in [-0.39, 0.29) is 5.91 Å². The van der Waals surface area contributed by atoms with Gasteiger partial charge in [-0.3, -0.25) is 4.79 Å². The summed E-state index contributed by atoms with van der Waals surface area (Å²) in [5, 5.41) is 10.8. The molecule has 4 rings (SSSR count). The van der Waals surface area contributed by atoms with Crippen molar-refractivity contribution >= 4 is 23.1 Å². The molecule has 0 aliphatic carbocycles. The summed E-state index contributed by atoms with van der Waals surface area (Å²) < 4.78 is 5.97. The van der Waals surface area contributed by atoms with Gasteiger partial charge in [0.25, 0.3) is 5.91 Å². The second kappa shape index (κ2) is 8.83. The van der Waals surface area contributed by atoms with Gasteiger partial charge in [-0.15, -0.1) is 21.5 Å². The highest BCUT2D eigenvalue weighted by molar-refractivity contribution is 7.13. The quantitative estimate of drug-likeness (QED) is 0.623. The third-order valence-corrected chi connectivity index (χ3v) is 6.23. The van der Waals surface area contributed by atoms with E-state index in [1.165, 1.54) is 0 Å². The van der Waals surface area contributed by atoms with Crippen LogP contribution in [0.5, 0.6) is 5.75 Å². The molecule has 2 aromatic heterocycles. The highest BCUT2D eigenvalue weighted by atomic mass is 32.1. The van der Waals surface area contributed by atoms with Gasteiger partial charge in [-0.05, 0) is 61.5 Å². The Bertz CT molecular complexity index is 997. The zero-order chi connectivity index (χ0) is 21.1. The average molecular weight is 423 g/mol. The van der Waals surface area contributed by atoms with Gasteiger partial charge >= 0.3 is 0 Å². The zero-order valence-corrected chi connectivity index (χ0v) is 18.4. The number of carbonyl (C=O) groups excluding carboxylic acids is 1. The monoisotopic (exact) mass is 422 g/mol. The van der Waals surface area contributed by atoms with Gasteiger partial charge < -0.3 is 14.5 Å². The predicted octanol–water partition coefficient (Wildman–Crippen LogP) is 3.94. The number of piperazine rings is 1. The molecule has 30 heavy (non-hydrogen) atoms. The third kappa shape index (κ3) is 4.46. The first kappa shape index (κ1) is 20.3. The number of thiophene rings is 1. The van der Waals surface area contributed by atoms with Gasteiger partial charge in [-0.2, -0.15) is 0 Å². The Morgan fingerprint density at radius 1 is 1.07 bits per heavy atom. The second-order valence-corrected chi connectivity index (χ2v) is 8.54. The van der Waals surface area contributed by atoms with Crippen LogP contribution in [-0.2, 0) is 4.79 Å². The van der Waals surface area contributed by atoms with Crippen molar-refractivity contribution in [3.05, 3.63) is 59.0 Å². The molecule has 1 fully saturated rings. The fourth-order valence-electron chi connectivity index (χ4n) is 3.54. The fraction of sp³-hybridized carbons (Fsp3) is 0.348. The van der Waals surface area contributed by atoms with E-state index >= 15 is 0 Å². The normalized spacial score (nSPS) is 15.2. The van der Waals surface area contributed by atoms with Gasteiger partial charge in [0.05, 0.1) is 4.88 Å². The van der Waals surface area contributed by atoms with Gasteiger partial charge in [0.2, 0.25) is 0 Å². The van der Waals surface area contributed by atoms with Crippen molar-refractivity contribution in [1.82, 2.24) is 15.1 Å². The van der Waals surface area contributed by atoms with Crippen molar-refractivity contribution in [2.24, 2.45) is 0 Å². The van der Waals surface area contributed by atoms with E-state index in [9.17, 15) is 4.79 Å². The maximum atomic E-state index is 12.9. The lowest BCUT2D eigenvalue weighted by Crippen LogP contribution is -2.52. The van der Waals surface area contributed by atoms with E-state index in [4.69, 9.17) is 4.74 Å².